The Bertz CT molecular complexity index is 840. The molecule has 0 spiro atoms. The predicted molar refractivity (Wildman–Crippen MR) is 96.2 cm³/mol. The van der Waals surface area contributed by atoms with Gasteiger partial charge in [-0.1, -0.05) is 17.7 Å². The fraction of sp³-hybridized carbons (Fsp3) is 0.263. The highest BCUT2D eigenvalue weighted by Crippen LogP contribution is 2.27. The molecule has 0 bridgehead atoms. The average molecular weight is 395 g/mol. The van der Waals surface area contributed by atoms with E-state index in [9.17, 15) is 23.5 Å². The molecule has 0 aromatic heterocycles. The molecule has 1 heterocycles. The van der Waals surface area contributed by atoms with E-state index < -0.39 is 35.5 Å². The molecule has 142 valence electrons. The van der Waals surface area contributed by atoms with Crippen LogP contribution in [0.5, 0.6) is 0 Å². The van der Waals surface area contributed by atoms with Crippen LogP contribution in [0.25, 0.3) is 0 Å². The number of carbonyl (C=O) groups excluding carboxylic acids is 2. The van der Waals surface area contributed by atoms with Crippen molar-refractivity contribution in [3.8, 4) is 0 Å². The fourth-order valence-electron chi connectivity index (χ4n) is 3.05. The summed E-state index contributed by atoms with van der Waals surface area (Å²) in [4.78, 5) is 26.2. The highest BCUT2D eigenvalue weighted by atomic mass is 35.5. The summed E-state index contributed by atoms with van der Waals surface area (Å²) in [6, 6.07) is 9.43. The second kappa shape index (κ2) is 8.02. The molecule has 1 fully saturated rings. The first kappa shape index (κ1) is 19.3. The summed E-state index contributed by atoms with van der Waals surface area (Å²) in [7, 11) is 0. The highest BCUT2D eigenvalue weighted by Gasteiger charge is 2.37. The molecule has 2 atom stereocenters. The Morgan fingerprint density at radius 3 is 2.63 bits per heavy atom. The van der Waals surface area contributed by atoms with E-state index in [-0.39, 0.29) is 17.1 Å². The summed E-state index contributed by atoms with van der Waals surface area (Å²) in [6.07, 6.45) is -1.05. The molecule has 2 aromatic rings. The number of halogens is 3. The van der Waals surface area contributed by atoms with Gasteiger partial charge in [0.1, 0.15) is 23.7 Å². The Balaban J connectivity index is 1.62. The number of amides is 2. The molecule has 2 aromatic carbocycles. The molecule has 0 aliphatic carbocycles. The number of aliphatic hydroxyl groups excluding tert-OH is 1. The van der Waals surface area contributed by atoms with Gasteiger partial charge in [-0.2, -0.15) is 0 Å². The highest BCUT2D eigenvalue weighted by molar-refractivity contribution is 6.31. The number of anilines is 1. The van der Waals surface area contributed by atoms with Gasteiger partial charge >= 0.3 is 0 Å². The molecular weight excluding hydrogens is 378 g/mol. The van der Waals surface area contributed by atoms with Crippen LogP contribution in [0.15, 0.2) is 42.5 Å². The summed E-state index contributed by atoms with van der Waals surface area (Å²) in [5.74, 6) is -2.98. The Morgan fingerprint density at radius 2 is 1.96 bits per heavy atom. The van der Waals surface area contributed by atoms with Crippen molar-refractivity contribution in [3.63, 3.8) is 0 Å². The first-order chi connectivity index (χ1) is 12.9. The number of hydrogen-bond acceptors (Lipinski definition) is 3. The molecular formula is C19H17ClF2N2O3. The third-order valence-electron chi connectivity index (χ3n) is 4.46. The first-order valence-electron chi connectivity index (χ1n) is 8.35. The summed E-state index contributed by atoms with van der Waals surface area (Å²) in [6.45, 7) is 0.0457. The summed E-state index contributed by atoms with van der Waals surface area (Å²) >= 11 is 5.89. The van der Waals surface area contributed by atoms with Crippen LogP contribution in [0.1, 0.15) is 18.1 Å². The van der Waals surface area contributed by atoms with Gasteiger partial charge in [-0.3, -0.25) is 9.59 Å². The summed E-state index contributed by atoms with van der Waals surface area (Å²) in [5, 5.41) is 12.6. The van der Waals surface area contributed by atoms with Crippen molar-refractivity contribution in [1.82, 2.24) is 5.32 Å². The second-order valence-electron chi connectivity index (χ2n) is 6.20. The van der Waals surface area contributed by atoms with E-state index in [4.69, 9.17) is 11.6 Å². The minimum absolute atomic E-state index is 0.0520. The van der Waals surface area contributed by atoms with Crippen molar-refractivity contribution < 1.29 is 23.5 Å². The van der Waals surface area contributed by atoms with Crippen molar-refractivity contribution >= 4 is 29.1 Å². The van der Waals surface area contributed by atoms with Gasteiger partial charge in [-0.15, -0.1) is 0 Å². The molecule has 2 N–H and O–H groups in total. The zero-order chi connectivity index (χ0) is 19.6. The number of aliphatic hydroxyl groups is 1. The maximum absolute atomic E-state index is 13.8. The van der Waals surface area contributed by atoms with E-state index in [1.165, 1.54) is 41.3 Å². The number of rotatable bonds is 5. The third kappa shape index (κ3) is 4.09. The predicted octanol–water partition coefficient (Wildman–Crippen LogP) is 2.82. The van der Waals surface area contributed by atoms with Crippen LogP contribution >= 0.6 is 11.6 Å². The molecule has 0 saturated carbocycles. The normalized spacial score (nSPS) is 17.9. The van der Waals surface area contributed by atoms with Crippen LogP contribution in [-0.4, -0.2) is 30.0 Å². The van der Waals surface area contributed by atoms with E-state index in [0.29, 0.717) is 18.7 Å². The van der Waals surface area contributed by atoms with Crippen LogP contribution < -0.4 is 10.2 Å². The van der Waals surface area contributed by atoms with Gasteiger partial charge < -0.3 is 15.3 Å². The summed E-state index contributed by atoms with van der Waals surface area (Å²) in [5.41, 5.74) is 0.403. The van der Waals surface area contributed by atoms with Gasteiger partial charge in [-0.25, -0.2) is 8.78 Å². The first-order valence-corrected chi connectivity index (χ1v) is 8.73. The van der Waals surface area contributed by atoms with Gasteiger partial charge in [0.2, 0.25) is 11.8 Å². The minimum atomic E-state index is -1.34. The maximum atomic E-state index is 13.8. The van der Waals surface area contributed by atoms with E-state index >= 15 is 0 Å². The Labute approximate surface area is 159 Å². The average Bonchev–Trinajstić information content (AvgIpc) is 3.02. The van der Waals surface area contributed by atoms with Crippen LogP contribution in [-0.2, 0) is 9.59 Å². The van der Waals surface area contributed by atoms with E-state index in [2.05, 4.69) is 5.32 Å². The number of nitrogens with zero attached hydrogens (tertiary/aromatic N) is 1. The van der Waals surface area contributed by atoms with E-state index in [0.717, 1.165) is 6.07 Å². The van der Waals surface area contributed by atoms with Gasteiger partial charge in [-0.05, 0) is 42.8 Å². The molecule has 2 unspecified atom stereocenters. The van der Waals surface area contributed by atoms with Crippen molar-refractivity contribution in [2.24, 2.45) is 5.92 Å². The molecule has 8 heteroatoms. The van der Waals surface area contributed by atoms with Gasteiger partial charge in [0.05, 0.1) is 0 Å². The van der Waals surface area contributed by atoms with Gasteiger partial charge in [0, 0.05) is 29.4 Å². The van der Waals surface area contributed by atoms with Crippen LogP contribution in [0.4, 0.5) is 14.5 Å². The monoisotopic (exact) mass is 394 g/mol. The lowest BCUT2D eigenvalue weighted by Gasteiger charge is -2.18. The zero-order valence-electron chi connectivity index (χ0n) is 14.2. The quantitative estimate of drug-likeness (QED) is 0.766. The maximum Gasteiger partial charge on any atom is 0.239 e. The smallest absolute Gasteiger partial charge is 0.239 e. The molecule has 5 nitrogen and oxygen atoms in total. The third-order valence-corrected chi connectivity index (χ3v) is 4.79. The lowest BCUT2D eigenvalue weighted by Crippen LogP contribution is -2.38. The molecule has 0 radical (unpaired) electrons. The Hall–Kier alpha value is -2.51. The van der Waals surface area contributed by atoms with Crippen LogP contribution in [0, 0.1) is 17.6 Å². The lowest BCUT2D eigenvalue weighted by molar-refractivity contribution is -0.132. The number of benzene rings is 2. The Morgan fingerprint density at radius 1 is 1.26 bits per heavy atom. The standard InChI is InChI=1S/C19H17ClF2N2O3/c20-14-2-1-3-15(22)17(14)16(25)10-23-18(26)13-8-9-24(19(13)27)12-6-4-11(21)5-7-12/h1-7,13,16,25H,8-10H2,(H,23,26). The zero-order valence-corrected chi connectivity index (χ0v) is 14.9. The Kier molecular flexibility index (Phi) is 5.72. The molecule has 1 aliphatic heterocycles. The van der Waals surface area contributed by atoms with Crippen molar-refractivity contribution in [1.29, 1.82) is 0 Å². The minimum Gasteiger partial charge on any atom is -0.386 e. The van der Waals surface area contributed by atoms with E-state index in [1.807, 2.05) is 0 Å². The molecule has 1 saturated heterocycles. The molecule has 27 heavy (non-hydrogen) atoms. The van der Waals surface area contributed by atoms with Crippen molar-refractivity contribution in [2.75, 3.05) is 18.0 Å². The van der Waals surface area contributed by atoms with E-state index in [1.54, 1.807) is 0 Å². The van der Waals surface area contributed by atoms with Gasteiger partial charge in [0.15, 0.2) is 0 Å². The SMILES string of the molecule is O=C(NCC(O)c1c(F)cccc1Cl)C1CCN(c2ccc(F)cc2)C1=O. The number of nitrogens with one attached hydrogen (secondary N) is 1. The fourth-order valence-corrected chi connectivity index (χ4v) is 3.34. The molecule has 3 rings (SSSR count). The molecule has 2 amide bonds. The molecule has 1 aliphatic rings. The second-order valence-corrected chi connectivity index (χ2v) is 6.61. The largest absolute Gasteiger partial charge is 0.386 e. The van der Waals surface area contributed by atoms with Crippen LogP contribution in [0.3, 0.4) is 0 Å². The van der Waals surface area contributed by atoms with Gasteiger partial charge in [0.25, 0.3) is 0 Å². The number of hydrogen-bond donors (Lipinski definition) is 2. The van der Waals surface area contributed by atoms with Crippen molar-refractivity contribution in [3.05, 3.63) is 64.7 Å². The van der Waals surface area contributed by atoms with Crippen molar-refractivity contribution in [2.45, 2.75) is 12.5 Å². The topological polar surface area (TPSA) is 69.6 Å². The number of carbonyl (C=O) groups is 2. The lowest BCUT2D eigenvalue weighted by atomic mass is 10.1. The summed E-state index contributed by atoms with van der Waals surface area (Å²) < 4.78 is 26.8. The van der Waals surface area contributed by atoms with Crippen LogP contribution in [0.2, 0.25) is 5.02 Å².